The maximum atomic E-state index is 5.97. The van der Waals surface area contributed by atoms with Crippen LogP contribution in [0.25, 0.3) is 11.3 Å². The van der Waals surface area contributed by atoms with E-state index in [4.69, 9.17) is 16.0 Å². The van der Waals surface area contributed by atoms with Crippen LogP contribution in [0, 0.1) is 0 Å². The first-order valence-corrected chi connectivity index (χ1v) is 7.37. The van der Waals surface area contributed by atoms with E-state index in [9.17, 15) is 0 Å². The van der Waals surface area contributed by atoms with E-state index in [-0.39, 0.29) is 0 Å². The largest absolute Gasteiger partial charge is 0.441 e. The molecule has 2 rings (SSSR count). The van der Waals surface area contributed by atoms with Crippen LogP contribution >= 0.6 is 27.5 Å². The molecule has 19 heavy (non-hydrogen) atoms. The van der Waals surface area contributed by atoms with E-state index in [0.29, 0.717) is 11.1 Å². The third kappa shape index (κ3) is 4.06. The van der Waals surface area contributed by atoms with Crippen LogP contribution in [0.4, 0.5) is 0 Å². The third-order valence-corrected chi connectivity index (χ3v) is 3.86. The molecule has 0 amide bonds. The molecule has 0 aliphatic rings. The molecule has 0 saturated heterocycles. The zero-order valence-corrected chi connectivity index (χ0v) is 13.3. The van der Waals surface area contributed by atoms with Crippen LogP contribution < -0.4 is 5.32 Å². The van der Waals surface area contributed by atoms with Crippen molar-refractivity contribution in [3.63, 3.8) is 0 Å². The highest BCUT2D eigenvalue weighted by atomic mass is 79.9. The molecular weight excluding hydrogens is 328 g/mol. The Kier molecular flexibility index (Phi) is 5.02. The molecule has 1 aromatic carbocycles. The number of benzene rings is 1. The average molecular weight is 344 g/mol. The summed E-state index contributed by atoms with van der Waals surface area (Å²) in [7, 11) is 0. The Balaban J connectivity index is 2.05. The summed E-state index contributed by atoms with van der Waals surface area (Å²) in [6.45, 7) is 5.10. The zero-order valence-electron chi connectivity index (χ0n) is 10.9. The summed E-state index contributed by atoms with van der Waals surface area (Å²) < 4.78 is 6.58. The zero-order chi connectivity index (χ0) is 13.8. The van der Waals surface area contributed by atoms with E-state index in [2.05, 4.69) is 40.1 Å². The van der Waals surface area contributed by atoms with Crippen molar-refractivity contribution in [2.45, 2.75) is 26.3 Å². The number of oxazole rings is 1. The summed E-state index contributed by atoms with van der Waals surface area (Å²) in [6, 6.07) is 6.16. The van der Waals surface area contributed by atoms with Crippen LogP contribution in [-0.2, 0) is 6.42 Å². The molecule has 5 heteroatoms. The summed E-state index contributed by atoms with van der Waals surface area (Å²) in [4.78, 5) is 4.29. The molecule has 1 heterocycles. The topological polar surface area (TPSA) is 38.1 Å². The van der Waals surface area contributed by atoms with Gasteiger partial charge in [-0.2, -0.15) is 0 Å². The van der Waals surface area contributed by atoms with Gasteiger partial charge in [-0.15, -0.1) is 0 Å². The number of nitrogens with zero attached hydrogens (tertiary/aromatic N) is 1. The molecular formula is C14H16BrClN2O. The monoisotopic (exact) mass is 342 g/mol. The normalized spacial score (nSPS) is 11.2. The fraction of sp³-hybridized carbons (Fsp3) is 0.357. The van der Waals surface area contributed by atoms with E-state index in [1.54, 1.807) is 6.20 Å². The predicted octanol–water partition coefficient (Wildman–Crippen LogP) is 4.30. The highest BCUT2D eigenvalue weighted by Gasteiger charge is 2.08. The van der Waals surface area contributed by atoms with E-state index >= 15 is 0 Å². The Morgan fingerprint density at radius 3 is 2.89 bits per heavy atom. The van der Waals surface area contributed by atoms with Gasteiger partial charge >= 0.3 is 0 Å². The lowest BCUT2D eigenvalue weighted by molar-refractivity contribution is 0.484. The molecule has 1 aromatic heterocycles. The molecule has 0 atom stereocenters. The molecule has 0 fully saturated rings. The molecule has 0 bridgehead atoms. The maximum Gasteiger partial charge on any atom is 0.196 e. The minimum atomic E-state index is 0.474. The number of rotatable bonds is 5. The van der Waals surface area contributed by atoms with Gasteiger partial charge in [0.15, 0.2) is 11.7 Å². The molecule has 1 N–H and O–H groups in total. The third-order valence-electron chi connectivity index (χ3n) is 2.65. The van der Waals surface area contributed by atoms with Crippen molar-refractivity contribution in [2.75, 3.05) is 6.54 Å². The molecule has 0 aliphatic carbocycles. The summed E-state index contributed by atoms with van der Waals surface area (Å²) in [5, 5.41) is 4.02. The van der Waals surface area contributed by atoms with Crippen LogP contribution in [0.15, 0.2) is 33.3 Å². The number of halogens is 2. The number of hydrogen-bond donors (Lipinski definition) is 1. The number of nitrogens with one attached hydrogen (secondary N) is 1. The minimum Gasteiger partial charge on any atom is -0.441 e. The predicted molar refractivity (Wildman–Crippen MR) is 81.5 cm³/mol. The van der Waals surface area contributed by atoms with Crippen molar-refractivity contribution < 1.29 is 4.42 Å². The lowest BCUT2D eigenvalue weighted by atomic mass is 10.2. The molecule has 0 radical (unpaired) electrons. The van der Waals surface area contributed by atoms with Gasteiger partial charge in [-0.25, -0.2) is 4.98 Å². The van der Waals surface area contributed by atoms with Crippen LogP contribution in [0.2, 0.25) is 5.02 Å². The molecule has 0 aliphatic heterocycles. The molecule has 3 nitrogen and oxygen atoms in total. The van der Waals surface area contributed by atoms with Gasteiger partial charge in [0.1, 0.15) is 0 Å². The molecule has 2 aromatic rings. The van der Waals surface area contributed by atoms with Gasteiger partial charge in [0.2, 0.25) is 0 Å². The fourth-order valence-corrected chi connectivity index (χ4v) is 2.17. The molecule has 0 spiro atoms. The summed E-state index contributed by atoms with van der Waals surface area (Å²) in [5.41, 5.74) is 0.965. The Bertz CT molecular complexity index is 554. The second-order valence-electron chi connectivity index (χ2n) is 4.61. The van der Waals surface area contributed by atoms with E-state index < -0.39 is 0 Å². The SMILES string of the molecule is CC(C)NCCc1ncc(-c2ccc(Cl)c(Br)c2)o1. The van der Waals surface area contributed by atoms with Crippen molar-refractivity contribution in [3.05, 3.63) is 39.8 Å². The first-order valence-electron chi connectivity index (χ1n) is 6.20. The maximum absolute atomic E-state index is 5.97. The average Bonchev–Trinajstić information content (AvgIpc) is 2.81. The number of hydrogen-bond acceptors (Lipinski definition) is 3. The first-order chi connectivity index (χ1) is 9.06. The highest BCUT2D eigenvalue weighted by Crippen LogP contribution is 2.29. The van der Waals surface area contributed by atoms with Crippen LogP contribution in [0.1, 0.15) is 19.7 Å². The second kappa shape index (κ2) is 6.55. The smallest absolute Gasteiger partial charge is 0.196 e. The summed E-state index contributed by atoms with van der Waals surface area (Å²) in [6.07, 6.45) is 2.54. The van der Waals surface area contributed by atoms with Gasteiger partial charge in [0.25, 0.3) is 0 Å². The van der Waals surface area contributed by atoms with E-state index in [0.717, 1.165) is 34.7 Å². The number of aromatic nitrogens is 1. The molecule has 102 valence electrons. The highest BCUT2D eigenvalue weighted by molar-refractivity contribution is 9.10. The van der Waals surface area contributed by atoms with Crippen molar-refractivity contribution >= 4 is 27.5 Å². The summed E-state index contributed by atoms with van der Waals surface area (Å²) in [5.74, 6) is 1.51. The van der Waals surface area contributed by atoms with Crippen LogP contribution in [0.5, 0.6) is 0 Å². The lowest BCUT2D eigenvalue weighted by Gasteiger charge is -2.05. The Hall–Kier alpha value is -0.840. The van der Waals surface area contributed by atoms with E-state index in [1.807, 2.05) is 18.2 Å². The fourth-order valence-electron chi connectivity index (χ4n) is 1.68. The van der Waals surface area contributed by atoms with Crippen LogP contribution in [0.3, 0.4) is 0 Å². The Morgan fingerprint density at radius 1 is 1.42 bits per heavy atom. The van der Waals surface area contributed by atoms with Crippen molar-refractivity contribution in [1.29, 1.82) is 0 Å². The van der Waals surface area contributed by atoms with Crippen molar-refractivity contribution in [3.8, 4) is 11.3 Å². The molecule has 0 unspecified atom stereocenters. The van der Waals surface area contributed by atoms with Gasteiger partial charge in [0, 0.05) is 29.0 Å². The van der Waals surface area contributed by atoms with Crippen molar-refractivity contribution in [1.82, 2.24) is 10.3 Å². The molecule has 0 saturated carbocycles. The second-order valence-corrected chi connectivity index (χ2v) is 5.87. The van der Waals surface area contributed by atoms with Crippen LogP contribution in [-0.4, -0.2) is 17.6 Å². The Morgan fingerprint density at radius 2 is 2.21 bits per heavy atom. The first kappa shape index (κ1) is 14.6. The lowest BCUT2D eigenvalue weighted by Crippen LogP contribution is -2.24. The van der Waals surface area contributed by atoms with Gasteiger partial charge in [-0.3, -0.25) is 0 Å². The Labute approximate surface area is 126 Å². The van der Waals surface area contributed by atoms with Gasteiger partial charge in [0.05, 0.1) is 11.2 Å². The van der Waals surface area contributed by atoms with E-state index in [1.165, 1.54) is 0 Å². The van der Waals surface area contributed by atoms with Gasteiger partial charge < -0.3 is 9.73 Å². The van der Waals surface area contributed by atoms with Gasteiger partial charge in [-0.1, -0.05) is 25.4 Å². The standard InChI is InChI=1S/C14H16BrClN2O/c1-9(2)17-6-5-14-18-8-13(19-14)10-3-4-12(16)11(15)7-10/h3-4,7-9,17H,5-6H2,1-2H3. The minimum absolute atomic E-state index is 0.474. The quantitative estimate of drug-likeness (QED) is 0.879. The van der Waals surface area contributed by atoms with Crippen molar-refractivity contribution in [2.24, 2.45) is 0 Å². The van der Waals surface area contributed by atoms with Gasteiger partial charge in [-0.05, 0) is 34.1 Å². The summed E-state index contributed by atoms with van der Waals surface area (Å²) >= 11 is 9.37.